The number of nitrogens with zero attached hydrogens (tertiary/aromatic N) is 5. The van der Waals surface area contributed by atoms with Gasteiger partial charge in [0, 0.05) is 30.8 Å². The van der Waals surface area contributed by atoms with E-state index in [1.807, 2.05) is 0 Å². The summed E-state index contributed by atoms with van der Waals surface area (Å²) in [7, 11) is 0. The number of pyridine rings is 1. The zero-order valence-corrected chi connectivity index (χ0v) is 21.6. The first kappa shape index (κ1) is 29.1. The molecule has 1 amide bonds. The van der Waals surface area contributed by atoms with E-state index in [0.29, 0.717) is 13.0 Å². The highest BCUT2D eigenvalue weighted by Crippen LogP contribution is 2.39. The normalized spacial score (nSPS) is 17.2. The Morgan fingerprint density at radius 3 is 2.55 bits per heavy atom. The van der Waals surface area contributed by atoms with Gasteiger partial charge < -0.3 is 5.11 Å². The summed E-state index contributed by atoms with van der Waals surface area (Å²) >= 11 is 0. The van der Waals surface area contributed by atoms with Crippen LogP contribution in [0.5, 0.6) is 0 Å². The standard InChI is InChI=1S/C27H28F5N5O3/c1-18(25(39)40)21(10-14-35-13-6-11-26(28,29)16-35)36(17-38)24-15-22(37(34-24)23-9-4-5-12-33-23)19-7-2-3-8-20(19)27(30,31)32/h2-5,7-9,12,15,17-18,21H,6,10-11,13-14,16H2,1H3,(H,39,40)/t18-,21+/m1/s1. The number of hydrogen-bond acceptors (Lipinski definition) is 5. The monoisotopic (exact) mass is 565 g/mol. The number of benzene rings is 1. The predicted molar refractivity (Wildman–Crippen MR) is 136 cm³/mol. The van der Waals surface area contributed by atoms with E-state index in [1.54, 1.807) is 12.1 Å². The lowest BCUT2D eigenvalue weighted by molar-refractivity contribution is -0.142. The van der Waals surface area contributed by atoms with Gasteiger partial charge in [-0.2, -0.15) is 13.2 Å². The fourth-order valence-corrected chi connectivity index (χ4v) is 4.94. The van der Waals surface area contributed by atoms with Gasteiger partial charge in [-0.3, -0.25) is 19.4 Å². The molecule has 8 nitrogen and oxygen atoms in total. The highest BCUT2D eigenvalue weighted by Gasteiger charge is 2.38. The molecule has 1 saturated heterocycles. The lowest BCUT2D eigenvalue weighted by atomic mass is 9.96. The van der Waals surface area contributed by atoms with Gasteiger partial charge in [0.25, 0.3) is 5.92 Å². The first-order valence-electron chi connectivity index (χ1n) is 12.7. The summed E-state index contributed by atoms with van der Waals surface area (Å²) in [6, 6.07) is 9.87. The molecule has 0 bridgehead atoms. The maximum Gasteiger partial charge on any atom is 0.417 e. The van der Waals surface area contributed by atoms with E-state index in [9.17, 15) is 36.6 Å². The lowest BCUT2D eigenvalue weighted by Crippen LogP contribution is -2.47. The highest BCUT2D eigenvalue weighted by molar-refractivity contribution is 5.80. The second-order valence-corrected chi connectivity index (χ2v) is 9.76. The quantitative estimate of drug-likeness (QED) is 0.271. The number of aromatic nitrogens is 3. The second-order valence-electron chi connectivity index (χ2n) is 9.76. The molecule has 2 aromatic heterocycles. The van der Waals surface area contributed by atoms with Crippen LogP contribution in [0.15, 0.2) is 54.7 Å². The van der Waals surface area contributed by atoms with Crippen molar-refractivity contribution < 1.29 is 36.6 Å². The summed E-state index contributed by atoms with van der Waals surface area (Å²) in [5, 5.41) is 14.2. The molecule has 1 N–H and O–H groups in total. The molecule has 214 valence electrons. The van der Waals surface area contributed by atoms with Crippen LogP contribution in [0.3, 0.4) is 0 Å². The largest absolute Gasteiger partial charge is 0.481 e. The van der Waals surface area contributed by atoms with E-state index >= 15 is 0 Å². The number of carbonyl (C=O) groups excluding carboxylic acids is 1. The Labute approximate surface area is 227 Å². The van der Waals surface area contributed by atoms with Crippen LogP contribution >= 0.6 is 0 Å². The summed E-state index contributed by atoms with van der Waals surface area (Å²) in [5.41, 5.74) is -1.17. The van der Waals surface area contributed by atoms with Crippen molar-refractivity contribution in [3.8, 4) is 17.1 Å². The number of carboxylic acid groups (broad SMARTS) is 1. The van der Waals surface area contributed by atoms with Crippen LogP contribution in [0.2, 0.25) is 0 Å². The number of amides is 1. The van der Waals surface area contributed by atoms with Gasteiger partial charge in [-0.25, -0.2) is 18.4 Å². The molecule has 40 heavy (non-hydrogen) atoms. The molecule has 0 aliphatic carbocycles. The summed E-state index contributed by atoms with van der Waals surface area (Å²) in [6.07, 6.45) is -2.84. The molecule has 1 fully saturated rings. The van der Waals surface area contributed by atoms with Crippen molar-refractivity contribution in [1.29, 1.82) is 0 Å². The van der Waals surface area contributed by atoms with E-state index < -0.39 is 42.1 Å². The first-order chi connectivity index (χ1) is 18.9. The van der Waals surface area contributed by atoms with E-state index in [4.69, 9.17) is 0 Å². The zero-order valence-electron chi connectivity index (χ0n) is 21.6. The maximum absolute atomic E-state index is 13.9. The number of piperidine rings is 1. The number of rotatable bonds is 10. The molecule has 13 heteroatoms. The molecule has 1 aliphatic rings. The first-order valence-corrected chi connectivity index (χ1v) is 12.7. The number of carboxylic acids is 1. The topological polar surface area (TPSA) is 91.6 Å². The van der Waals surface area contributed by atoms with Gasteiger partial charge in [0.05, 0.1) is 29.8 Å². The molecular formula is C27H28F5N5O3. The molecule has 1 aliphatic heterocycles. The molecule has 3 heterocycles. The Morgan fingerprint density at radius 2 is 1.93 bits per heavy atom. The van der Waals surface area contributed by atoms with Crippen molar-refractivity contribution in [3.05, 3.63) is 60.3 Å². The molecule has 2 atom stereocenters. The third-order valence-corrected chi connectivity index (χ3v) is 6.99. The molecule has 0 unspecified atom stereocenters. The average molecular weight is 566 g/mol. The van der Waals surface area contributed by atoms with Crippen molar-refractivity contribution in [2.75, 3.05) is 24.5 Å². The molecule has 0 radical (unpaired) electrons. The maximum atomic E-state index is 13.9. The van der Waals surface area contributed by atoms with Crippen molar-refractivity contribution in [2.45, 2.75) is 44.3 Å². The van der Waals surface area contributed by atoms with Crippen LogP contribution in [0.1, 0.15) is 31.7 Å². The van der Waals surface area contributed by atoms with E-state index in [2.05, 4.69) is 10.1 Å². The number of anilines is 1. The molecule has 1 aromatic carbocycles. The lowest BCUT2D eigenvalue weighted by Gasteiger charge is -2.35. The Hall–Kier alpha value is -3.87. The van der Waals surface area contributed by atoms with Crippen LogP contribution in [0, 0.1) is 5.92 Å². The Morgan fingerprint density at radius 1 is 1.20 bits per heavy atom. The van der Waals surface area contributed by atoms with E-state index in [1.165, 1.54) is 48.4 Å². The molecule has 0 saturated carbocycles. The highest BCUT2D eigenvalue weighted by atomic mass is 19.4. The van der Waals surface area contributed by atoms with E-state index in [-0.39, 0.29) is 48.7 Å². The average Bonchev–Trinajstić information content (AvgIpc) is 3.35. The van der Waals surface area contributed by atoms with Gasteiger partial charge in [0.1, 0.15) is 0 Å². The van der Waals surface area contributed by atoms with Gasteiger partial charge in [-0.15, -0.1) is 5.10 Å². The van der Waals surface area contributed by atoms with Crippen LogP contribution in [-0.2, 0) is 15.8 Å². The number of hydrogen-bond donors (Lipinski definition) is 1. The molecular weight excluding hydrogens is 537 g/mol. The minimum absolute atomic E-state index is 0.0210. The van der Waals surface area contributed by atoms with Gasteiger partial charge in [0.15, 0.2) is 11.6 Å². The summed E-state index contributed by atoms with van der Waals surface area (Å²) < 4.78 is 70.8. The molecule has 4 rings (SSSR count). The molecule has 3 aromatic rings. The van der Waals surface area contributed by atoms with Crippen LogP contribution in [0.25, 0.3) is 17.1 Å². The van der Waals surface area contributed by atoms with Gasteiger partial charge >= 0.3 is 12.1 Å². The van der Waals surface area contributed by atoms with E-state index in [0.717, 1.165) is 15.6 Å². The summed E-state index contributed by atoms with van der Waals surface area (Å²) in [4.78, 5) is 31.1. The predicted octanol–water partition coefficient (Wildman–Crippen LogP) is 5.13. The van der Waals surface area contributed by atoms with Crippen LogP contribution in [-0.4, -0.2) is 68.7 Å². The second kappa shape index (κ2) is 11.7. The van der Waals surface area contributed by atoms with Crippen molar-refractivity contribution >= 4 is 18.2 Å². The van der Waals surface area contributed by atoms with Gasteiger partial charge in [-0.05, 0) is 44.5 Å². The summed E-state index contributed by atoms with van der Waals surface area (Å²) in [6.45, 7) is 1.39. The minimum Gasteiger partial charge on any atom is -0.481 e. The number of aliphatic carboxylic acids is 1. The number of halogens is 5. The third kappa shape index (κ3) is 6.46. The zero-order chi connectivity index (χ0) is 29.1. The Balaban J connectivity index is 1.77. The minimum atomic E-state index is -4.70. The van der Waals surface area contributed by atoms with Gasteiger partial charge in [0.2, 0.25) is 6.41 Å². The number of alkyl halides is 5. The van der Waals surface area contributed by atoms with Gasteiger partial charge in [-0.1, -0.05) is 24.3 Å². The smallest absolute Gasteiger partial charge is 0.417 e. The molecule has 0 spiro atoms. The Kier molecular flexibility index (Phi) is 8.52. The van der Waals surface area contributed by atoms with Crippen LogP contribution in [0.4, 0.5) is 27.8 Å². The third-order valence-electron chi connectivity index (χ3n) is 6.99. The van der Waals surface area contributed by atoms with Crippen molar-refractivity contribution in [3.63, 3.8) is 0 Å². The number of carbonyl (C=O) groups is 2. The summed E-state index contributed by atoms with van der Waals surface area (Å²) in [5.74, 6) is -5.16. The van der Waals surface area contributed by atoms with Crippen molar-refractivity contribution in [2.24, 2.45) is 5.92 Å². The Bertz CT molecular complexity index is 1330. The fourth-order valence-electron chi connectivity index (χ4n) is 4.94. The SMILES string of the molecule is C[C@@H](C(=O)O)[C@H](CCN1CCCC(F)(F)C1)N(C=O)c1cc(-c2ccccc2C(F)(F)F)n(-c2ccccn2)n1. The number of likely N-dealkylation sites (tertiary alicyclic amines) is 1. The fraction of sp³-hybridized carbons (Fsp3) is 0.407. The van der Waals surface area contributed by atoms with Crippen molar-refractivity contribution in [1.82, 2.24) is 19.7 Å². The van der Waals surface area contributed by atoms with Crippen LogP contribution < -0.4 is 4.90 Å².